The monoisotopic (exact) mass is 390 g/mol. The number of ether oxygens (including phenoxy) is 1. The lowest BCUT2D eigenvalue weighted by Crippen LogP contribution is -2.26. The molecular weight excluding hydrogens is 368 g/mol. The van der Waals surface area contributed by atoms with Crippen LogP contribution < -0.4 is 10.1 Å². The zero-order valence-electron chi connectivity index (χ0n) is 16.1. The highest BCUT2D eigenvalue weighted by Gasteiger charge is 2.13. The predicted octanol–water partition coefficient (Wildman–Crippen LogP) is 4.37. The van der Waals surface area contributed by atoms with Gasteiger partial charge in [-0.05, 0) is 54.1 Å². The number of nitrogens with zero attached hydrogens (tertiary/aromatic N) is 1. The van der Waals surface area contributed by atoms with Gasteiger partial charge in [-0.2, -0.15) is 0 Å². The largest absolute Gasteiger partial charge is 0.490 e. The van der Waals surface area contributed by atoms with Crippen molar-refractivity contribution in [2.75, 3.05) is 19.0 Å². The number of carbonyl (C=O) groups is 2. The summed E-state index contributed by atoms with van der Waals surface area (Å²) in [6.45, 7) is 4.54. The fourth-order valence-corrected chi connectivity index (χ4v) is 2.71. The number of carbonyl (C=O) groups excluding carboxylic acids is 2. The van der Waals surface area contributed by atoms with Gasteiger partial charge in [-0.15, -0.1) is 0 Å². The molecule has 3 rings (SSSR count). The maximum atomic E-state index is 12.7. The molecular formula is C23H22N2O4. The first-order valence-corrected chi connectivity index (χ1v) is 9.10. The molecule has 1 heterocycles. The van der Waals surface area contributed by atoms with Crippen molar-refractivity contribution in [1.82, 2.24) is 4.90 Å². The molecule has 1 aromatic heterocycles. The first-order chi connectivity index (χ1) is 14.1. The van der Waals surface area contributed by atoms with Crippen molar-refractivity contribution in [3.05, 3.63) is 96.5 Å². The standard InChI is InChI=1S/C23H22N2O4/c1-3-14-28-20-12-6-17(7-13-20)16-25(2)23(27)18-8-10-19(11-9-18)24-22(26)21-5-4-15-29-21/h3-13,15H,1,14,16H2,2H3,(H,24,26). The van der Waals surface area contributed by atoms with E-state index in [0.29, 0.717) is 24.4 Å². The molecule has 6 heteroatoms. The van der Waals surface area contributed by atoms with E-state index >= 15 is 0 Å². The number of hydrogen-bond donors (Lipinski definition) is 1. The van der Waals surface area contributed by atoms with Crippen LogP contribution in [-0.4, -0.2) is 30.4 Å². The van der Waals surface area contributed by atoms with Crippen LogP contribution in [0.5, 0.6) is 5.75 Å². The van der Waals surface area contributed by atoms with E-state index in [1.54, 1.807) is 54.4 Å². The molecule has 0 saturated heterocycles. The number of benzene rings is 2. The van der Waals surface area contributed by atoms with Gasteiger partial charge >= 0.3 is 0 Å². The Morgan fingerprint density at radius 1 is 1.10 bits per heavy atom. The molecule has 1 N–H and O–H groups in total. The molecule has 3 aromatic rings. The lowest BCUT2D eigenvalue weighted by Gasteiger charge is -2.18. The van der Waals surface area contributed by atoms with Crippen molar-refractivity contribution in [3.63, 3.8) is 0 Å². The van der Waals surface area contributed by atoms with E-state index in [1.165, 1.54) is 6.26 Å². The maximum absolute atomic E-state index is 12.7. The van der Waals surface area contributed by atoms with Gasteiger partial charge in [0.25, 0.3) is 11.8 Å². The molecule has 0 aliphatic rings. The van der Waals surface area contributed by atoms with E-state index in [2.05, 4.69) is 11.9 Å². The van der Waals surface area contributed by atoms with Crippen molar-refractivity contribution in [2.24, 2.45) is 0 Å². The van der Waals surface area contributed by atoms with Crippen LogP contribution >= 0.6 is 0 Å². The molecule has 0 aliphatic heterocycles. The minimum absolute atomic E-state index is 0.110. The van der Waals surface area contributed by atoms with Crippen molar-refractivity contribution in [1.29, 1.82) is 0 Å². The van der Waals surface area contributed by atoms with E-state index in [-0.39, 0.29) is 17.6 Å². The van der Waals surface area contributed by atoms with Gasteiger partial charge in [-0.25, -0.2) is 0 Å². The average molecular weight is 390 g/mol. The third-order valence-electron chi connectivity index (χ3n) is 4.19. The van der Waals surface area contributed by atoms with Crippen LogP contribution in [0.1, 0.15) is 26.5 Å². The van der Waals surface area contributed by atoms with E-state index in [1.807, 2.05) is 24.3 Å². The zero-order valence-corrected chi connectivity index (χ0v) is 16.1. The summed E-state index contributed by atoms with van der Waals surface area (Å²) in [6.07, 6.45) is 3.13. The zero-order chi connectivity index (χ0) is 20.6. The topological polar surface area (TPSA) is 71.8 Å². The molecule has 0 atom stereocenters. The van der Waals surface area contributed by atoms with Crippen LogP contribution in [-0.2, 0) is 6.54 Å². The summed E-state index contributed by atoms with van der Waals surface area (Å²) in [4.78, 5) is 26.3. The van der Waals surface area contributed by atoms with E-state index in [4.69, 9.17) is 9.15 Å². The Hall–Kier alpha value is -3.80. The van der Waals surface area contributed by atoms with Crippen molar-refractivity contribution in [3.8, 4) is 5.75 Å². The summed E-state index contributed by atoms with van der Waals surface area (Å²) in [5, 5.41) is 2.72. The molecule has 2 aromatic carbocycles. The summed E-state index contributed by atoms with van der Waals surface area (Å²) in [7, 11) is 1.75. The molecule has 0 bridgehead atoms. The fraction of sp³-hybridized carbons (Fsp3) is 0.130. The minimum Gasteiger partial charge on any atom is -0.490 e. The molecule has 6 nitrogen and oxygen atoms in total. The number of amides is 2. The first kappa shape index (κ1) is 19.9. The fourth-order valence-electron chi connectivity index (χ4n) is 2.71. The second-order valence-corrected chi connectivity index (χ2v) is 6.41. The molecule has 148 valence electrons. The Balaban J connectivity index is 1.57. The lowest BCUT2D eigenvalue weighted by atomic mass is 10.1. The highest BCUT2D eigenvalue weighted by atomic mass is 16.5. The van der Waals surface area contributed by atoms with Crippen molar-refractivity contribution in [2.45, 2.75) is 6.54 Å². The van der Waals surface area contributed by atoms with Gasteiger partial charge in [0, 0.05) is 24.8 Å². The van der Waals surface area contributed by atoms with Crippen molar-refractivity contribution < 1.29 is 18.7 Å². The highest BCUT2D eigenvalue weighted by Crippen LogP contribution is 2.16. The second kappa shape index (κ2) is 9.41. The number of furan rings is 1. The van der Waals surface area contributed by atoms with Gasteiger partial charge in [-0.3, -0.25) is 9.59 Å². The van der Waals surface area contributed by atoms with Crippen molar-refractivity contribution >= 4 is 17.5 Å². The van der Waals surface area contributed by atoms with E-state index in [9.17, 15) is 9.59 Å². The SMILES string of the molecule is C=CCOc1ccc(CN(C)C(=O)c2ccc(NC(=O)c3ccco3)cc2)cc1. The summed E-state index contributed by atoms with van der Waals surface area (Å²) in [5.74, 6) is 0.535. The third kappa shape index (κ3) is 5.35. The average Bonchev–Trinajstić information content (AvgIpc) is 3.28. The first-order valence-electron chi connectivity index (χ1n) is 9.10. The van der Waals surface area contributed by atoms with Crippen LogP contribution in [0, 0.1) is 0 Å². The number of anilines is 1. The highest BCUT2D eigenvalue weighted by molar-refractivity contribution is 6.02. The van der Waals surface area contributed by atoms with Crippen LogP contribution in [0.3, 0.4) is 0 Å². The van der Waals surface area contributed by atoms with Crippen LogP contribution in [0.25, 0.3) is 0 Å². The van der Waals surface area contributed by atoms with E-state index in [0.717, 1.165) is 11.3 Å². The molecule has 0 spiro atoms. The van der Waals surface area contributed by atoms with Gasteiger partial charge in [0.2, 0.25) is 0 Å². The minimum atomic E-state index is -0.341. The van der Waals surface area contributed by atoms with Crippen LogP contribution in [0.15, 0.2) is 84.0 Å². The summed E-state index contributed by atoms with van der Waals surface area (Å²) < 4.78 is 10.5. The molecule has 2 amide bonds. The van der Waals surface area contributed by atoms with Crippen LogP contribution in [0.2, 0.25) is 0 Å². The molecule has 0 radical (unpaired) electrons. The Bertz CT molecular complexity index is 961. The maximum Gasteiger partial charge on any atom is 0.291 e. The molecule has 0 saturated carbocycles. The van der Waals surface area contributed by atoms with E-state index < -0.39 is 0 Å². The summed E-state index contributed by atoms with van der Waals surface area (Å²) in [6, 6.07) is 17.6. The predicted molar refractivity (Wildman–Crippen MR) is 111 cm³/mol. The van der Waals surface area contributed by atoms with Crippen LogP contribution in [0.4, 0.5) is 5.69 Å². The number of nitrogens with one attached hydrogen (secondary N) is 1. The summed E-state index contributed by atoms with van der Waals surface area (Å²) >= 11 is 0. The smallest absolute Gasteiger partial charge is 0.291 e. The number of rotatable bonds is 8. The second-order valence-electron chi connectivity index (χ2n) is 6.41. The molecule has 0 aliphatic carbocycles. The summed E-state index contributed by atoms with van der Waals surface area (Å²) in [5.41, 5.74) is 2.12. The Kier molecular flexibility index (Phi) is 6.47. The van der Waals surface area contributed by atoms with Gasteiger partial charge in [0.15, 0.2) is 5.76 Å². The molecule has 0 unspecified atom stereocenters. The van der Waals surface area contributed by atoms with Gasteiger partial charge in [0.05, 0.1) is 6.26 Å². The Morgan fingerprint density at radius 2 is 1.83 bits per heavy atom. The van der Waals surface area contributed by atoms with Gasteiger partial charge in [-0.1, -0.05) is 24.8 Å². The Labute approximate surface area is 169 Å². The third-order valence-corrected chi connectivity index (χ3v) is 4.19. The lowest BCUT2D eigenvalue weighted by molar-refractivity contribution is 0.0785. The normalized spacial score (nSPS) is 10.2. The molecule has 29 heavy (non-hydrogen) atoms. The quantitative estimate of drug-likeness (QED) is 0.580. The number of hydrogen-bond acceptors (Lipinski definition) is 4. The Morgan fingerprint density at radius 3 is 2.45 bits per heavy atom. The van der Waals surface area contributed by atoms with Gasteiger partial charge in [0.1, 0.15) is 12.4 Å². The van der Waals surface area contributed by atoms with Gasteiger partial charge < -0.3 is 19.4 Å². The molecule has 0 fully saturated rings.